The minimum atomic E-state index is -0.231. The predicted octanol–water partition coefficient (Wildman–Crippen LogP) is 1.61. The Balaban J connectivity index is 1.91. The van der Waals surface area contributed by atoms with Crippen molar-refractivity contribution in [2.45, 2.75) is 12.6 Å². The molecule has 25 heavy (non-hydrogen) atoms. The normalized spacial score (nSPS) is 12.6. The van der Waals surface area contributed by atoms with Crippen LogP contribution in [-0.2, 0) is 11.3 Å². The molecule has 0 bridgehead atoms. The molecule has 3 heterocycles. The lowest BCUT2D eigenvalue weighted by atomic mass is 10.1. The van der Waals surface area contributed by atoms with Crippen molar-refractivity contribution in [3.8, 4) is 5.75 Å². The maximum absolute atomic E-state index is 12.3. The van der Waals surface area contributed by atoms with Gasteiger partial charge in [-0.15, -0.1) is 0 Å². The molecular weight excluding hydrogens is 320 g/mol. The number of methoxy groups -OCH3 is 1. The van der Waals surface area contributed by atoms with E-state index in [2.05, 4.69) is 9.97 Å². The number of aromatic hydroxyl groups is 1. The van der Waals surface area contributed by atoms with Gasteiger partial charge in [-0.25, -0.2) is 4.98 Å². The number of aromatic nitrogens is 3. The summed E-state index contributed by atoms with van der Waals surface area (Å²) in [5.41, 5.74) is 1.48. The van der Waals surface area contributed by atoms with Crippen molar-refractivity contribution in [2.75, 3.05) is 20.8 Å². The zero-order valence-electron chi connectivity index (χ0n) is 14.2. The molecular formula is C18H20N4O3. The third kappa shape index (κ3) is 3.67. The summed E-state index contributed by atoms with van der Waals surface area (Å²) in [5, 5.41) is 9.96. The molecule has 3 rings (SSSR count). The highest BCUT2D eigenvalue weighted by Gasteiger charge is 2.19. The Kier molecular flexibility index (Phi) is 5.06. The molecule has 3 aromatic rings. The van der Waals surface area contributed by atoms with Gasteiger partial charge in [0.2, 0.25) is 0 Å². The second-order valence-corrected chi connectivity index (χ2v) is 5.81. The highest BCUT2D eigenvalue weighted by molar-refractivity contribution is 5.52. The van der Waals surface area contributed by atoms with Crippen molar-refractivity contribution in [3.05, 3.63) is 70.5 Å². The van der Waals surface area contributed by atoms with Crippen molar-refractivity contribution < 1.29 is 9.84 Å². The topological polar surface area (TPSA) is 80.0 Å². The fourth-order valence-electron chi connectivity index (χ4n) is 2.77. The predicted molar refractivity (Wildman–Crippen MR) is 93.4 cm³/mol. The van der Waals surface area contributed by atoms with Crippen molar-refractivity contribution in [3.63, 3.8) is 0 Å². The third-order valence-electron chi connectivity index (χ3n) is 4.02. The largest absolute Gasteiger partial charge is 0.504 e. The number of nitrogens with zero attached hydrogens (tertiary/aromatic N) is 4. The minimum Gasteiger partial charge on any atom is -0.504 e. The van der Waals surface area contributed by atoms with E-state index < -0.39 is 0 Å². The molecule has 1 atom stereocenters. The van der Waals surface area contributed by atoms with E-state index in [4.69, 9.17) is 4.74 Å². The van der Waals surface area contributed by atoms with E-state index >= 15 is 0 Å². The van der Waals surface area contributed by atoms with Gasteiger partial charge in [-0.05, 0) is 31.3 Å². The second-order valence-electron chi connectivity index (χ2n) is 5.81. The van der Waals surface area contributed by atoms with Crippen LogP contribution in [0.25, 0.3) is 5.65 Å². The lowest BCUT2D eigenvalue weighted by Crippen LogP contribution is -2.29. The van der Waals surface area contributed by atoms with Gasteiger partial charge in [0.15, 0.2) is 11.4 Å². The SMILES string of the molecule is COC[C@@H](c1ccccn1)N(C)Cc1cc(=O)n2cccc(O)c2n1. The van der Waals surface area contributed by atoms with Crippen LogP contribution in [0.1, 0.15) is 17.4 Å². The summed E-state index contributed by atoms with van der Waals surface area (Å²) in [6.45, 7) is 0.885. The van der Waals surface area contributed by atoms with Gasteiger partial charge in [0.25, 0.3) is 5.56 Å². The number of likely N-dealkylation sites (N-methyl/N-ethyl adjacent to an activating group) is 1. The van der Waals surface area contributed by atoms with E-state index in [-0.39, 0.29) is 23.0 Å². The molecule has 0 fully saturated rings. The number of rotatable bonds is 6. The Morgan fingerprint density at radius 2 is 2.16 bits per heavy atom. The summed E-state index contributed by atoms with van der Waals surface area (Å²) >= 11 is 0. The smallest absolute Gasteiger partial charge is 0.258 e. The molecule has 0 aliphatic carbocycles. The molecule has 0 spiro atoms. The van der Waals surface area contributed by atoms with Gasteiger partial charge in [-0.3, -0.25) is 19.1 Å². The minimum absolute atomic E-state index is 0.0257. The lowest BCUT2D eigenvalue weighted by molar-refractivity contribution is 0.0993. The molecule has 1 N–H and O–H groups in total. The van der Waals surface area contributed by atoms with Crippen LogP contribution in [0, 0.1) is 0 Å². The molecule has 0 unspecified atom stereocenters. The average molecular weight is 340 g/mol. The molecule has 0 aliphatic rings. The maximum atomic E-state index is 12.3. The van der Waals surface area contributed by atoms with E-state index in [0.29, 0.717) is 18.8 Å². The van der Waals surface area contributed by atoms with Gasteiger partial charge in [-0.2, -0.15) is 0 Å². The van der Waals surface area contributed by atoms with Crippen molar-refractivity contribution in [1.82, 2.24) is 19.3 Å². The monoisotopic (exact) mass is 340 g/mol. The van der Waals surface area contributed by atoms with Crippen molar-refractivity contribution in [2.24, 2.45) is 0 Å². The van der Waals surface area contributed by atoms with E-state index in [1.54, 1.807) is 25.6 Å². The number of fused-ring (bicyclic) bond motifs is 1. The quantitative estimate of drug-likeness (QED) is 0.734. The Hall–Kier alpha value is -2.77. The summed E-state index contributed by atoms with van der Waals surface area (Å²) in [6.07, 6.45) is 3.32. The molecule has 0 saturated carbocycles. The van der Waals surface area contributed by atoms with Crippen LogP contribution >= 0.6 is 0 Å². The molecule has 0 saturated heterocycles. The van der Waals surface area contributed by atoms with E-state index in [9.17, 15) is 9.90 Å². The molecule has 0 radical (unpaired) electrons. The van der Waals surface area contributed by atoms with Gasteiger partial charge < -0.3 is 9.84 Å². The Morgan fingerprint density at radius 1 is 1.32 bits per heavy atom. The van der Waals surface area contributed by atoms with E-state index in [1.165, 1.54) is 16.5 Å². The molecule has 0 aromatic carbocycles. The number of pyridine rings is 2. The Labute approximate surface area is 145 Å². The molecule has 3 aromatic heterocycles. The first-order valence-corrected chi connectivity index (χ1v) is 7.90. The Morgan fingerprint density at radius 3 is 2.88 bits per heavy atom. The second kappa shape index (κ2) is 7.42. The van der Waals surface area contributed by atoms with E-state index in [0.717, 1.165) is 5.69 Å². The fourth-order valence-corrected chi connectivity index (χ4v) is 2.77. The third-order valence-corrected chi connectivity index (χ3v) is 4.02. The zero-order valence-corrected chi connectivity index (χ0v) is 14.2. The number of ether oxygens (including phenoxy) is 1. The molecule has 7 heteroatoms. The van der Waals surface area contributed by atoms with Crippen LogP contribution in [0.5, 0.6) is 5.75 Å². The maximum Gasteiger partial charge on any atom is 0.258 e. The average Bonchev–Trinajstić information content (AvgIpc) is 2.61. The zero-order chi connectivity index (χ0) is 17.8. The summed E-state index contributed by atoms with van der Waals surface area (Å²) in [5.74, 6) is -0.0257. The van der Waals surface area contributed by atoms with Crippen LogP contribution in [0.15, 0.2) is 53.6 Å². The molecule has 130 valence electrons. The van der Waals surface area contributed by atoms with Gasteiger partial charge in [0.1, 0.15) is 0 Å². The van der Waals surface area contributed by atoms with Crippen LogP contribution in [0.4, 0.5) is 0 Å². The van der Waals surface area contributed by atoms with Crippen LogP contribution in [0.3, 0.4) is 0 Å². The summed E-state index contributed by atoms with van der Waals surface area (Å²) in [4.78, 5) is 23.1. The molecule has 0 aliphatic heterocycles. The van der Waals surface area contributed by atoms with Gasteiger partial charge in [0, 0.05) is 32.1 Å². The first-order chi connectivity index (χ1) is 12.1. The van der Waals surface area contributed by atoms with Gasteiger partial charge >= 0.3 is 0 Å². The van der Waals surface area contributed by atoms with Gasteiger partial charge in [0.05, 0.1) is 24.0 Å². The molecule has 0 amide bonds. The number of hydrogen-bond acceptors (Lipinski definition) is 6. The van der Waals surface area contributed by atoms with Crippen LogP contribution in [-0.4, -0.2) is 45.1 Å². The van der Waals surface area contributed by atoms with Crippen LogP contribution < -0.4 is 5.56 Å². The van der Waals surface area contributed by atoms with E-state index in [1.807, 2.05) is 30.1 Å². The lowest BCUT2D eigenvalue weighted by Gasteiger charge is -2.26. The standard InChI is InChI=1S/C18H20N4O3/c1-21(15(12-25-2)14-6-3-4-8-19-14)11-13-10-17(24)22-9-5-7-16(23)18(22)20-13/h3-10,15,23H,11-12H2,1-2H3/t15-/m0/s1. The van der Waals surface area contributed by atoms with Crippen molar-refractivity contribution >= 4 is 5.65 Å². The highest BCUT2D eigenvalue weighted by atomic mass is 16.5. The molecule has 7 nitrogen and oxygen atoms in total. The highest BCUT2D eigenvalue weighted by Crippen LogP contribution is 2.20. The number of hydrogen-bond donors (Lipinski definition) is 1. The van der Waals surface area contributed by atoms with Crippen LogP contribution in [0.2, 0.25) is 0 Å². The summed E-state index contributed by atoms with van der Waals surface area (Å²) in [7, 11) is 3.56. The van der Waals surface area contributed by atoms with Crippen molar-refractivity contribution in [1.29, 1.82) is 0 Å². The fraction of sp³-hybridized carbons (Fsp3) is 0.278. The summed E-state index contributed by atoms with van der Waals surface area (Å²) in [6, 6.07) is 10.2. The van der Waals surface area contributed by atoms with Gasteiger partial charge in [-0.1, -0.05) is 6.07 Å². The summed E-state index contributed by atoms with van der Waals surface area (Å²) < 4.78 is 6.65. The Bertz CT molecular complexity index is 911. The first kappa shape index (κ1) is 17.1. The first-order valence-electron chi connectivity index (χ1n) is 7.90.